The maximum atomic E-state index is 10.7. The number of nitrogens with one attached hydrogen (secondary N) is 1. The van der Waals surface area contributed by atoms with Crippen LogP contribution in [0.25, 0.3) is 0 Å². The first-order valence-electron chi connectivity index (χ1n) is 6.59. The van der Waals surface area contributed by atoms with Gasteiger partial charge in [0.1, 0.15) is 12.0 Å². The predicted octanol–water partition coefficient (Wildman–Crippen LogP) is 1.97. The largest absolute Gasteiger partial charge is 0.478 e. The molecule has 2 aromatic heterocycles. The molecular formula is C14H19N3O3. The van der Waals surface area contributed by atoms with Crippen LogP contribution in [0.15, 0.2) is 22.8 Å². The molecule has 0 aliphatic rings. The summed E-state index contributed by atoms with van der Waals surface area (Å²) in [6, 6.07) is 3.60. The second-order valence-corrected chi connectivity index (χ2v) is 4.79. The molecule has 0 bridgehead atoms. The molecule has 2 rings (SSSR count). The van der Waals surface area contributed by atoms with Gasteiger partial charge in [0.25, 0.3) is 0 Å². The number of aromatic carboxylic acids is 1. The minimum atomic E-state index is -0.968. The molecule has 6 heteroatoms. The zero-order chi connectivity index (χ0) is 14.5. The van der Waals surface area contributed by atoms with Gasteiger partial charge in [0, 0.05) is 12.2 Å². The van der Waals surface area contributed by atoms with E-state index >= 15 is 0 Å². The van der Waals surface area contributed by atoms with Crippen molar-refractivity contribution < 1.29 is 14.3 Å². The lowest BCUT2D eigenvalue weighted by molar-refractivity contribution is 0.0696. The van der Waals surface area contributed by atoms with Crippen LogP contribution in [0.3, 0.4) is 0 Å². The highest BCUT2D eigenvalue weighted by atomic mass is 16.4. The Morgan fingerprint density at radius 1 is 1.45 bits per heavy atom. The van der Waals surface area contributed by atoms with Crippen molar-refractivity contribution in [3.63, 3.8) is 0 Å². The van der Waals surface area contributed by atoms with E-state index in [2.05, 4.69) is 16.5 Å². The third kappa shape index (κ3) is 3.71. The summed E-state index contributed by atoms with van der Waals surface area (Å²) in [5.41, 5.74) is 2.39. The van der Waals surface area contributed by atoms with E-state index in [9.17, 15) is 4.79 Å². The maximum Gasteiger partial charge on any atom is 0.338 e. The van der Waals surface area contributed by atoms with Crippen molar-refractivity contribution in [1.82, 2.24) is 15.1 Å². The van der Waals surface area contributed by atoms with Gasteiger partial charge in [-0.05, 0) is 38.9 Å². The van der Waals surface area contributed by atoms with E-state index in [1.54, 1.807) is 0 Å². The molecule has 0 saturated carbocycles. The van der Waals surface area contributed by atoms with Crippen LogP contribution in [0.1, 0.15) is 33.9 Å². The number of nitrogens with zero attached hydrogens (tertiary/aromatic N) is 2. The summed E-state index contributed by atoms with van der Waals surface area (Å²) in [7, 11) is 0. The molecule has 6 nitrogen and oxygen atoms in total. The maximum absolute atomic E-state index is 10.7. The first kappa shape index (κ1) is 14.3. The Labute approximate surface area is 117 Å². The SMILES string of the molecule is Cc1cc(C)n(CCCNCc2cc(C(=O)O)co2)n1. The zero-order valence-electron chi connectivity index (χ0n) is 11.7. The van der Waals surface area contributed by atoms with Crippen LogP contribution in [0, 0.1) is 13.8 Å². The van der Waals surface area contributed by atoms with Gasteiger partial charge in [-0.2, -0.15) is 5.10 Å². The highest BCUT2D eigenvalue weighted by Crippen LogP contribution is 2.07. The topological polar surface area (TPSA) is 80.3 Å². The van der Waals surface area contributed by atoms with E-state index in [0.717, 1.165) is 25.2 Å². The number of hydrogen-bond acceptors (Lipinski definition) is 4. The Kier molecular flexibility index (Phi) is 4.57. The van der Waals surface area contributed by atoms with E-state index in [4.69, 9.17) is 9.52 Å². The fourth-order valence-electron chi connectivity index (χ4n) is 2.05. The fraction of sp³-hybridized carbons (Fsp3) is 0.429. The van der Waals surface area contributed by atoms with Crippen molar-refractivity contribution >= 4 is 5.97 Å². The molecule has 0 amide bonds. The minimum Gasteiger partial charge on any atom is -0.478 e. The summed E-state index contributed by atoms with van der Waals surface area (Å²) in [6.45, 7) is 6.25. The molecule has 0 aromatic carbocycles. The number of carbonyl (C=O) groups is 1. The Bertz CT molecular complexity index is 586. The van der Waals surface area contributed by atoms with Crippen LogP contribution in [0.2, 0.25) is 0 Å². The summed E-state index contributed by atoms with van der Waals surface area (Å²) in [5.74, 6) is -0.335. The first-order valence-corrected chi connectivity index (χ1v) is 6.59. The number of carboxylic acids is 1. The van der Waals surface area contributed by atoms with Crippen LogP contribution in [0.5, 0.6) is 0 Å². The molecule has 2 heterocycles. The van der Waals surface area contributed by atoms with Crippen molar-refractivity contribution in [2.75, 3.05) is 6.54 Å². The average molecular weight is 277 g/mol. The number of hydrogen-bond donors (Lipinski definition) is 2. The molecule has 0 unspecified atom stereocenters. The summed E-state index contributed by atoms with van der Waals surface area (Å²) >= 11 is 0. The quantitative estimate of drug-likeness (QED) is 0.756. The Balaban J connectivity index is 1.68. The molecule has 0 aliphatic heterocycles. The number of carboxylic acid groups (broad SMARTS) is 1. The van der Waals surface area contributed by atoms with Crippen molar-refractivity contribution in [3.8, 4) is 0 Å². The lowest BCUT2D eigenvalue weighted by Crippen LogP contribution is -2.16. The third-order valence-corrected chi connectivity index (χ3v) is 3.03. The normalized spacial score (nSPS) is 10.9. The fourth-order valence-corrected chi connectivity index (χ4v) is 2.05. The van der Waals surface area contributed by atoms with Crippen LogP contribution >= 0.6 is 0 Å². The molecule has 0 saturated heterocycles. The number of aromatic nitrogens is 2. The average Bonchev–Trinajstić information content (AvgIpc) is 2.96. The molecule has 0 fully saturated rings. The molecule has 108 valence electrons. The molecule has 2 aromatic rings. The number of aryl methyl sites for hydroxylation is 3. The Morgan fingerprint density at radius 2 is 2.25 bits per heavy atom. The van der Waals surface area contributed by atoms with Gasteiger partial charge in [-0.3, -0.25) is 4.68 Å². The van der Waals surface area contributed by atoms with E-state index in [-0.39, 0.29) is 5.56 Å². The highest BCUT2D eigenvalue weighted by molar-refractivity contribution is 5.87. The van der Waals surface area contributed by atoms with Crippen molar-refractivity contribution in [3.05, 3.63) is 41.1 Å². The molecule has 0 atom stereocenters. The summed E-state index contributed by atoms with van der Waals surface area (Å²) in [4.78, 5) is 10.7. The van der Waals surface area contributed by atoms with E-state index < -0.39 is 5.97 Å². The van der Waals surface area contributed by atoms with Gasteiger partial charge >= 0.3 is 5.97 Å². The highest BCUT2D eigenvalue weighted by Gasteiger charge is 2.07. The first-order chi connectivity index (χ1) is 9.56. The zero-order valence-corrected chi connectivity index (χ0v) is 11.7. The Morgan fingerprint density at radius 3 is 2.85 bits per heavy atom. The molecule has 0 spiro atoms. The number of rotatable bonds is 7. The van der Waals surface area contributed by atoms with Gasteiger partial charge < -0.3 is 14.8 Å². The molecular weight excluding hydrogens is 258 g/mol. The van der Waals surface area contributed by atoms with Gasteiger partial charge in [0.15, 0.2) is 0 Å². The van der Waals surface area contributed by atoms with Gasteiger partial charge in [0.2, 0.25) is 0 Å². The molecule has 0 radical (unpaired) electrons. The van der Waals surface area contributed by atoms with E-state index in [0.29, 0.717) is 12.3 Å². The van der Waals surface area contributed by atoms with Crippen LogP contribution in [-0.2, 0) is 13.1 Å². The monoisotopic (exact) mass is 277 g/mol. The van der Waals surface area contributed by atoms with Crippen molar-refractivity contribution in [1.29, 1.82) is 0 Å². The van der Waals surface area contributed by atoms with Crippen molar-refractivity contribution in [2.45, 2.75) is 33.4 Å². The minimum absolute atomic E-state index is 0.185. The lowest BCUT2D eigenvalue weighted by Gasteiger charge is -2.05. The summed E-state index contributed by atoms with van der Waals surface area (Å²) in [6.07, 6.45) is 2.21. The second kappa shape index (κ2) is 6.38. The van der Waals surface area contributed by atoms with E-state index in [1.165, 1.54) is 18.0 Å². The van der Waals surface area contributed by atoms with Crippen molar-refractivity contribution in [2.24, 2.45) is 0 Å². The lowest BCUT2D eigenvalue weighted by atomic mass is 10.3. The second-order valence-electron chi connectivity index (χ2n) is 4.79. The molecule has 0 aliphatic carbocycles. The van der Waals surface area contributed by atoms with Crippen LogP contribution < -0.4 is 5.32 Å². The summed E-state index contributed by atoms with van der Waals surface area (Å²) in [5, 5.41) is 16.4. The van der Waals surface area contributed by atoms with Gasteiger partial charge in [-0.25, -0.2) is 4.79 Å². The van der Waals surface area contributed by atoms with Gasteiger partial charge in [0.05, 0.1) is 17.8 Å². The number of furan rings is 1. The van der Waals surface area contributed by atoms with Gasteiger partial charge in [-0.15, -0.1) is 0 Å². The molecule has 2 N–H and O–H groups in total. The van der Waals surface area contributed by atoms with Gasteiger partial charge in [-0.1, -0.05) is 0 Å². The molecule has 20 heavy (non-hydrogen) atoms. The van der Waals surface area contributed by atoms with Crippen LogP contribution in [-0.4, -0.2) is 27.4 Å². The standard InChI is InChI=1S/C14H19N3O3/c1-10-6-11(2)17(16-10)5-3-4-15-8-13-7-12(9-20-13)14(18)19/h6-7,9,15H,3-5,8H2,1-2H3,(H,18,19). The third-order valence-electron chi connectivity index (χ3n) is 3.03. The smallest absolute Gasteiger partial charge is 0.338 e. The predicted molar refractivity (Wildman–Crippen MR) is 73.7 cm³/mol. The summed E-state index contributed by atoms with van der Waals surface area (Å²) < 4.78 is 7.14. The Hall–Kier alpha value is -2.08. The van der Waals surface area contributed by atoms with E-state index in [1.807, 2.05) is 18.5 Å². The van der Waals surface area contributed by atoms with Crippen LogP contribution in [0.4, 0.5) is 0 Å².